The first-order chi connectivity index (χ1) is 36.5. The number of nitrogens with one attached hydrogen (secondary N) is 9. The highest BCUT2D eigenvalue weighted by molar-refractivity contribution is 5.99. The Bertz CT molecular complexity index is 2270. The summed E-state index contributed by atoms with van der Waals surface area (Å²) >= 11 is 0. The van der Waals surface area contributed by atoms with Gasteiger partial charge in [-0.25, -0.2) is 4.79 Å². The number of nitrogens with two attached hydrogens (primary N) is 4. The maximum atomic E-state index is 13.6. The van der Waals surface area contributed by atoms with Gasteiger partial charge in [-0.15, -0.1) is 0 Å². The second kappa shape index (κ2) is 34.6. The summed E-state index contributed by atoms with van der Waals surface area (Å²) in [6.45, 7) is 1.07. The summed E-state index contributed by atoms with van der Waals surface area (Å²) in [5.41, 5.74) is 22.1. The highest BCUT2D eigenvalue weighted by atomic mass is 16.4. The van der Waals surface area contributed by atoms with Crippen molar-refractivity contribution in [2.75, 3.05) is 26.3 Å². The van der Waals surface area contributed by atoms with Crippen molar-refractivity contribution in [2.45, 2.75) is 139 Å². The summed E-state index contributed by atoms with van der Waals surface area (Å²) in [6, 6.07) is -9.89. The second-order valence-corrected chi connectivity index (χ2v) is 18.2. The van der Waals surface area contributed by atoms with Gasteiger partial charge in [0.15, 0.2) is 0 Å². The number of aliphatic hydroxyl groups is 3. The molecule has 32 nitrogen and oxygen atoms in total. The molecule has 436 valence electrons. The van der Waals surface area contributed by atoms with Crippen LogP contribution in [-0.2, 0) is 68.7 Å². The average Bonchev–Trinajstić information content (AvgIpc) is 3.36. The number of phenolic OH excluding ortho intramolecular Hbond substituents is 1. The van der Waals surface area contributed by atoms with Gasteiger partial charge < -0.3 is 101 Å². The quantitative estimate of drug-likeness (QED) is 0.0275. The van der Waals surface area contributed by atoms with Gasteiger partial charge in [0.25, 0.3) is 0 Å². The molecule has 0 saturated carbocycles. The van der Waals surface area contributed by atoms with Crippen LogP contribution in [0.5, 0.6) is 5.75 Å². The zero-order valence-corrected chi connectivity index (χ0v) is 43.2. The molecular weight excluding hydrogens is 1040 g/mol. The van der Waals surface area contributed by atoms with E-state index >= 15 is 0 Å². The van der Waals surface area contributed by atoms with Gasteiger partial charge in [-0.3, -0.25) is 57.5 Å². The molecule has 0 spiro atoms. The maximum Gasteiger partial charge on any atom is 0.326 e. The molecule has 0 heterocycles. The van der Waals surface area contributed by atoms with Crippen molar-refractivity contribution < 1.29 is 93.0 Å². The molecule has 0 unspecified atom stereocenters. The molecule has 11 amide bonds. The standard InChI is InChI=1S/C46H73N13O19/c1-21(2)36(46(77)78)59-42(73)28(16-23-7-9-24(63)10-8-23)55-44(75)31(20-61)57-41(72)27(12-14-35(67)68)52-43(74)30(19-60)56-40(71)26(11-13-32(49)64)53-45(76)37(22(3)62)58-34(66)18-51-39(70)29(17-33(50)65)54-38(69)25(48)6-4-5-15-47/h7-10,21-22,25-31,36-37,60-63H,4-6,11-20,47-48H2,1-3H3,(H2,49,64)(H2,50,65)(H,51,70)(H,52,74)(H,53,76)(H,54,69)(H,55,75)(H,56,71)(H,57,72)(H,58,66)(H,59,73)(H,67,68)(H,77,78)/t22-,25+,26+,27+,28+,29+,30+,31+,36+,37+/m1/s1. The normalized spacial score (nSPS) is 14.8. The number of aliphatic hydroxyl groups excluding tert-OH is 3. The first kappa shape index (κ1) is 67.9. The molecule has 0 bridgehead atoms. The number of aliphatic carboxylic acids is 2. The van der Waals surface area contributed by atoms with Crippen LogP contribution >= 0.6 is 0 Å². The van der Waals surface area contributed by atoms with Crippen LogP contribution in [-0.4, -0.2) is 194 Å². The number of hydrogen-bond donors (Lipinski definition) is 19. The predicted molar refractivity (Wildman–Crippen MR) is 269 cm³/mol. The third-order valence-electron chi connectivity index (χ3n) is 11.3. The van der Waals surface area contributed by atoms with Crippen molar-refractivity contribution in [3.8, 4) is 5.75 Å². The topological polar surface area (TPSA) is 556 Å². The average molecular weight is 1110 g/mol. The van der Waals surface area contributed by atoms with Crippen molar-refractivity contribution >= 4 is 76.9 Å². The number of amides is 11. The summed E-state index contributed by atoms with van der Waals surface area (Å²) in [5.74, 6) is -16.2. The molecule has 0 radical (unpaired) electrons. The largest absolute Gasteiger partial charge is 0.508 e. The Morgan fingerprint density at radius 1 is 0.538 bits per heavy atom. The van der Waals surface area contributed by atoms with Gasteiger partial charge in [0.1, 0.15) is 54.1 Å². The van der Waals surface area contributed by atoms with Crippen LogP contribution in [0.2, 0.25) is 0 Å². The van der Waals surface area contributed by atoms with E-state index in [2.05, 4.69) is 47.9 Å². The number of carboxylic acid groups (broad SMARTS) is 2. The van der Waals surface area contributed by atoms with Crippen molar-refractivity contribution in [1.29, 1.82) is 0 Å². The van der Waals surface area contributed by atoms with Crippen molar-refractivity contribution in [1.82, 2.24) is 47.9 Å². The molecule has 0 aliphatic carbocycles. The van der Waals surface area contributed by atoms with Gasteiger partial charge in [0, 0.05) is 19.3 Å². The van der Waals surface area contributed by atoms with Crippen molar-refractivity contribution in [3.05, 3.63) is 29.8 Å². The zero-order chi connectivity index (χ0) is 59.4. The Morgan fingerprint density at radius 3 is 1.47 bits per heavy atom. The number of carboxylic acids is 2. The van der Waals surface area contributed by atoms with Gasteiger partial charge >= 0.3 is 11.9 Å². The molecule has 1 rings (SSSR count). The lowest BCUT2D eigenvalue weighted by molar-refractivity contribution is -0.143. The van der Waals surface area contributed by atoms with Gasteiger partial charge in [-0.1, -0.05) is 32.4 Å². The fraction of sp³-hybridized carbons (Fsp3) is 0.587. The van der Waals surface area contributed by atoms with Crippen LogP contribution in [0.3, 0.4) is 0 Å². The number of carbonyl (C=O) groups excluding carboxylic acids is 11. The Hall–Kier alpha value is -8.07. The van der Waals surface area contributed by atoms with Gasteiger partial charge in [0.05, 0.1) is 38.3 Å². The maximum absolute atomic E-state index is 13.6. The molecule has 32 heteroatoms. The zero-order valence-electron chi connectivity index (χ0n) is 43.2. The summed E-state index contributed by atoms with van der Waals surface area (Å²) in [5, 5.41) is 79.2. The minimum atomic E-state index is -2.02. The third kappa shape index (κ3) is 25.2. The van der Waals surface area contributed by atoms with E-state index < -0.39 is 195 Å². The first-order valence-corrected chi connectivity index (χ1v) is 24.4. The van der Waals surface area contributed by atoms with E-state index in [0.29, 0.717) is 24.9 Å². The molecule has 0 saturated heterocycles. The van der Waals surface area contributed by atoms with E-state index in [1.54, 1.807) is 0 Å². The molecule has 0 aliphatic rings. The Labute approximate surface area is 446 Å². The number of carbonyl (C=O) groups is 13. The fourth-order valence-corrected chi connectivity index (χ4v) is 6.92. The van der Waals surface area contributed by atoms with E-state index in [1.807, 2.05) is 0 Å². The number of aromatic hydroxyl groups is 1. The van der Waals surface area contributed by atoms with Crippen LogP contribution in [0.1, 0.15) is 77.7 Å². The number of phenols is 1. The van der Waals surface area contributed by atoms with Crippen LogP contribution in [0.15, 0.2) is 24.3 Å². The Morgan fingerprint density at radius 2 is 1.01 bits per heavy atom. The molecule has 0 aliphatic heterocycles. The molecule has 78 heavy (non-hydrogen) atoms. The van der Waals surface area contributed by atoms with Crippen molar-refractivity contribution in [3.63, 3.8) is 0 Å². The Kier molecular flexibility index (Phi) is 30.1. The van der Waals surface area contributed by atoms with E-state index in [4.69, 9.17) is 22.9 Å². The van der Waals surface area contributed by atoms with E-state index in [-0.39, 0.29) is 18.6 Å². The van der Waals surface area contributed by atoms with Crippen LogP contribution in [0, 0.1) is 5.92 Å². The van der Waals surface area contributed by atoms with Crippen LogP contribution < -0.4 is 70.8 Å². The van der Waals surface area contributed by atoms with Crippen molar-refractivity contribution in [2.24, 2.45) is 28.9 Å². The third-order valence-corrected chi connectivity index (χ3v) is 11.3. The minimum absolute atomic E-state index is 0.142. The number of primary amides is 2. The van der Waals surface area contributed by atoms with Gasteiger partial charge in [0.2, 0.25) is 65.0 Å². The first-order valence-electron chi connectivity index (χ1n) is 24.4. The smallest absolute Gasteiger partial charge is 0.326 e. The van der Waals surface area contributed by atoms with E-state index in [1.165, 1.54) is 38.1 Å². The lowest BCUT2D eigenvalue weighted by Gasteiger charge is -2.27. The number of benzene rings is 1. The van der Waals surface area contributed by atoms with E-state index in [0.717, 1.165) is 6.92 Å². The summed E-state index contributed by atoms with van der Waals surface area (Å²) in [7, 11) is 0. The number of hydrogen-bond acceptors (Lipinski definition) is 19. The number of unbranched alkanes of at least 4 members (excludes halogenated alkanes) is 1. The summed E-state index contributed by atoms with van der Waals surface area (Å²) in [4.78, 5) is 167. The Balaban J connectivity index is 3.28. The molecule has 0 aromatic heterocycles. The highest BCUT2D eigenvalue weighted by Gasteiger charge is 2.36. The van der Waals surface area contributed by atoms with Crippen LogP contribution in [0.4, 0.5) is 0 Å². The molecule has 1 aromatic carbocycles. The molecular formula is C46H73N13O19. The lowest BCUT2D eigenvalue weighted by Crippen LogP contribution is -2.61. The molecule has 0 fully saturated rings. The SMILES string of the molecule is CC(C)[C@H](NC(=O)[C@H](Cc1ccc(O)cc1)NC(=O)[C@H](CO)NC(=O)[C@H](CCC(=O)O)NC(=O)[C@H](CO)NC(=O)[C@H](CCC(N)=O)NC(=O)[C@@H](NC(=O)CNC(=O)[C@H](CC(N)=O)NC(=O)[C@@H](N)CCCCN)[C@@H](C)O)C(=O)O. The second-order valence-electron chi connectivity index (χ2n) is 18.2. The predicted octanol–water partition coefficient (Wildman–Crippen LogP) is -8.50. The summed E-state index contributed by atoms with van der Waals surface area (Å²) in [6.07, 6.45) is -4.24. The number of rotatable bonds is 37. The van der Waals surface area contributed by atoms with E-state index in [9.17, 15) is 93.0 Å². The lowest BCUT2D eigenvalue weighted by atomic mass is 10.0. The van der Waals surface area contributed by atoms with Gasteiger partial charge in [-0.05, 0) is 62.8 Å². The minimum Gasteiger partial charge on any atom is -0.508 e. The summed E-state index contributed by atoms with van der Waals surface area (Å²) < 4.78 is 0. The fourth-order valence-electron chi connectivity index (χ4n) is 6.92. The molecule has 1 aromatic rings. The molecule has 10 atom stereocenters. The van der Waals surface area contributed by atoms with Crippen LogP contribution in [0.25, 0.3) is 0 Å². The monoisotopic (exact) mass is 1110 g/mol. The highest BCUT2D eigenvalue weighted by Crippen LogP contribution is 2.13. The van der Waals surface area contributed by atoms with Gasteiger partial charge in [-0.2, -0.15) is 0 Å². The molecule has 23 N–H and O–H groups in total.